The molecule has 33 heavy (non-hydrogen) atoms. The number of hydrogen-bond donors (Lipinski definition) is 0. The van der Waals surface area contributed by atoms with Gasteiger partial charge in [0.2, 0.25) is 0 Å². The minimum absolute atomic E-state index is 0.0714. The van der Waals surface area contributed by atoms with Crippen molar-refractivity contribution in [2.75, 3.05) is 11.4 Å². The summed E-state index contributed by atoms with van der Waals surface area (Å²) in [6.07, 6.45) is 0. The molecule has 1 fully saturated rings. The Morgan fingerprint density at radius 2 is 1.79 bits per heavy atom. The number of fused-ring (bicyclic) bond motifs is 2. The van der Waals surface area contributed by atoms with Crippen molar-refractivity contribution in [2.45, 2.75) is 36.9 Å². The van der Waals surface area contributed by atoms with Gasteiger partial charge in [0, 0.05) is 27.4 Å². The zero-order valence-electron chi connectivity index (χ0n) is 18.8. The number of halogens is 1. The third kappa shape index (κ3) is 3.64. The summed E-state index contributed by atoms with van der Waals surface area (Å²) in [7, 11) is 0. The molecule has 1 spiro atoms. The molecule has 3 aromatic rings. The Kier molecular flexibility index (Phi) is 5.30. The molecular weight excluding hydrogens is 452 g/mol. The molecule has 2 aliphatic rings. The van der Waals surface area contributed by atoms with E-state index in [4.69, 9.17) is 11.6 Å². The SMILES string of the molecule is Cc1ccc2c(c1)[C@@]1(SC(C)(C)CN1C(=O)c1cccc(Cl)c1)C(=O)N2Cc1ccccc1. The van der Waals surface area contributed by atoms with Crippen LogP contribution in [0.3, 0.4) is 0 Å². The van der Waals surface area contributed by atoms with E-state index in [0.29, 0.717) is 23.7 Å². The summed E-state index contributed by atoms with van der Waals surface area (Å²) in [4.78, 5) is 30.6. The molecule has 0 unspecified atom stereocenters. The average Bonchev–Trinajstić information content (AvgIpc) is 3.20. The van der Waals surface area contributed by atoms with Gasteiger partial charge in [0.05, 0.1) is 12.2 Å². The summed E-state index contributed by atoms with van der Waals surface area (Å²) in [6, 6.07) is 23.0. The fraction of sp³-hybridized carbons (Fsp3) is 0.259. The number of anilines is 1. The van der Waals surface area contributed by atoms with Crippen molar-refractivity contribution in [3.63, 3.8) is 0 Å². The average molecular weight is 477 g/mol. The number of carbonyl (C=O) groups excluding carboxylic acids is 2. The Morgan fingerprint density at radius 3 is 2.52 bits per heavy atom. The molecule has 2 amide bonds. The Hall–Kier alpha value is -2.76. The lowest BCUT2D eigenvalue weighted by Crippen LogP contribution is -2.50. The van der Waals surface area contributed by atoms with Crippen molar-refractivity contribution in [1.82, 2.24) is 4.90 Å². The Morgan fingerprint density at radius 1 is 1.03 bits per heavy atom. The lowest BCUT2D eigenvalue weighted by atomic mass is 10.0. The largest absolute Gasteiger partial charge is 0.310 e. The lowest BCUT2D eigenvalue weighted by molar-refractivity contribution is -0.123. The smallest absolute Gasteiger partial charge is 0.268 e. The van der Waals surface area contributed by atoms with Crippen LogP contribution in [0.1, 0.15) is 40.9 Å². The third-order valence-electron chi connectivity index (χ3n) is 6.19. The number of benzene rings is 3. The first-order valence-electron chi connectivity index (χ1n) is 11.0. The molecular formula is C27H25ClN2O2S. The highest BCUT2D eigenvalue weighted by Crippen LogP contribution is 2.60. The lowest BCUT2D eigenvalue weighted by Gasteiger charge is -2.33. The molecule has 0 saturated carbocycles. The molecule has 5 rings (SSSR count). The molecule has 1 atom stereocenters. The molecule has 0 radical (unpaired) electrons. The fourth-order valence-electron chi connectivity index (χ4n) is 4.82. The van der Waals surface area contributed by atoms with E-state index < -0.39 is 4.87 Å². The van der Waals surface area contributed by atoms with E-state index in [1.807, 2.05) is 54.3 Å². The molecule has 0 aromatic heterocycles. The van der Waals surface area contributed by atoms with Crippen LogP contribution in [0.4, 0.5) is 5.69 Å². The van der Waals surface area contributed by atoms with Crippen LogP contribution in [-0.2, 0) is 16.2 Å². The van der Waals surface area contributed by atoms with Crippen LogP contribution < -0.4 is 4.90 Å². The first-order chi connectivity index (χ1) is 15.7. The highest BCUT2D eigenvalue weighted by Gasteiger charge is 2.63. The van der Waals surface area contributed by atoms with Gasteiger partial charge in [-0.1, -0.05) is 65.7 Å². The Labute approximate surface area is 203 Å². The quantitative estimate of drug-likeness (QED) is 0.464. The van der Waals surface area contributed by atoms with Gasteiger partial charge in [-0.2, -0.15) is 0 Å². The van der Waals surface area contributed by atoms with Gasteiger partial charge in [-0.05, 0) is 50.6 Å². The number of rotatable bonds is 3. The van der Waals surface area contributed by atoms with Crippen molar-refractivity contribution in [1.29, 1.82) is 0 Å². The second-order valence-electron chi connectivity index (χ2n) is 9.30. The van der Waals surface area contributed by atoms with Gasteiger partial charge in [0.15, 0.2) is 4.87 Å². The van der Waals surface area contributed by atoms with Gasteiger partial charge in [-0.15, -0.1) is 11.8 Å². The number of thioether (sulfide) groups is 1. The molecule has 0 aliphatic carbocycles. The zero-order chi connectivity index (χ0) is 23.4. The van der Waals surface area contributed by atoms with Crippen molar-refractivity contribution < 1.29 is 9.59 Å². The van der Waals surface area contributed by atoms with Crippen LogP contribution in [0, 0.1) is 6.92 Å². The van der Waals surface area contributed by atoms with Crippen LogP contribution in [0.25, 0.3) is 0 Å². The summed E-state index contributed by atoms with van der Waals surface area (Å²) < 4.78 is -0.298. The summed E-state index contributed by atoms with van der Waals surface area (Å²) in [6.45, 7) is 7.12. The number of hydrogen-bond acceptors (Lipinski definition) is 3. The number of aryl methyl sites for hydroxylation is 1. The molecule has 0 bridgehead atoms. The molecule has 168 valence electrons. The van der Waals surface area contributed by atoms with E-state index in [9.17, 15) is 9.59 Å². The number of carbonyl (C=O) groups is 2. The maximum absolute atomic E-state index is 14.3. The minimum atomic E-state index is -1.11. The standard InChI is InChI=1S/C27H25ClN2O2S/c1-18-12-13-23-22(14-18)27(25(32)29(23)16-19-8-5-4-6-9-19)30(17-26(2,3)33-27)24(31)20-10-7-11-21(28)15-20/h4-15H,16-17H2,1-3H3/t27-/m1/s1. The summed E-state index contributed by atoms with van der Waals surface area (Å²) in [5, 5.41) is 0.501. The molecule has 0 N–H and O–H groups in total. The van der Waals surface area contributed by atoms with E-state index >= 15 is 0 Å². The maximum atomic E-state index is 14.3. The van der Waals surface area contributed by atoms with E-state index in [0.717, 1.165) is 22.4 Å². The second kappa shape index (κ2) is 7.93. The fourth-order valence-corrected chi connectivity index (χ4v) is 6.73. The van der Waals surface area contributed by atoms with Crippen LogP contribution in [0.2, 0.25) is 5.02 Å². The molecule has 2 aliphatic heterocycles. The normalized spacial score (nSPS) is 21.0. The van der Waals surface area contributed by atoms with Gasteiger partial charge in [-0.25, -0.2) is 0 Å². The van der Waals surface area contributed by atoms with E-state index in [1.165, 1.54) is 0 Å². The van der Waals surface area contributed by atoms with E-state index in [-0.39, 0.29) is 16.6 Å². The van der Waals surface area contributed by atoms with Gasteiger partial charge in [0.25, 0.3) is 11.8 Å². The summed E-state index contributed by atoms with van der Waals surface area (Å²) in [5.74, 6) is -0.254. The minimum Gasteiger partial charge on any atom is -0.310 e. The molecule has 3 aromatic carbocycles. The molecule has 4 nitrogen and oxygen atoms in total. The molecule has 6 heteroatoms. The van der Waals surface area contributed by atoms with Crippen molar-refractivity contribution in [3.05, 3.63) is 100 Å². The summed E-state index contributed by atoms with van der Waals surface area (Å²) >= 11 is 7.76. The summed E-state index contributed by atoms with van der Waals surface area (Å²) in [5.41, 5.74) is 4.34. The monoisotopic (exact) mass is 476 g/mol. The van der Waals surface area contributed by atoms with Crippen molar-refractivity contribution in [3.8, 4) is 0 Å². The first kappa shape index (κ1) is 22.1. The van der Waals surface area contributed by atoms with Crippen molar-refractivity contribution >= 4 is 40.9 Å². The Balaban J connectivity index is 1.66. The van der Waals surface area contributed by atoms with Gasteiger partial charge < -0.3 is 9.80 Å². The maximum Gasteiger partial charge on any atom is 0.268 e. The van der Waals surface area contributed by atoms with Gasteiger partial charge >= 0.3 is 0 Å². The third-order valence-corrected chi connectivity index (χ3v) is 8.01. The van der Waals surface area contributed by atoms with Gasteiger partial charge in [0.1, 0.15) is 0 Å². The van der Waals surface area contributed by atoms with Crippen LogP contribution >= 0.6 is 23.4 Å². The van der Waals surface area contributed by atoms with Crippen LogP contribution in [0.15, 0.2) is 72.8 Å². The van der Waals surface area contributed by atoms with Gasteiger partial charge in [-0.3, -0.25) is 9.59 Å². The second-order valence-corrected chi connectivity index (χ2v) is 11.6. The predicted octanol–water partition coefficient (Wildman–Crippen LogP) is 6.02. The number of nitrogens with zero attached hydrogens (tertiary/aromatic N) is 2. The van der Waals surface area contributed by atoms with E-state index in [2.05, 4.69) is 19.9 Å². The topological polar surface area (TPSA) is 40.6 Å². The number of amides is 2. The molecule has 1 saturated heterocycles. The molecule has 2 heterocycles. The Bertz CT molecular complexity index is 1260. The highest BCUT2D eigenvalue weighted by molar-refractivity contribution is 8.02. The zero-order valence-corrected chi connectivity index (χ0v) is 20.4. The predicted molar refractivity (Wildman–Crippen MR) is 135 cm³/mol. The first-order valence-corrected chi connectivity index (χ1v) is 12.2. The van der Waals surface area contributed by atoms with E-state index in [1.54, 1.807) is 40.9 Å². The highest BCUT2D eigenvalue weighted by atomic mass is 35.5. The van der Waals surface area contributed by atoms with Crippen molar-refractivity contribution in [2.24, 2.45) is 0 Å². The van der Waals surface area contributed by atoms with Crippen LogP contribution in [-0.4, -0.2) is 28.0 Å². The van der Waals surface area contributed by atoms with Crippen LogP contribution in [0.5, 0.6) is 0 Å².